The summed E-state index contributed by atoms with van der Waals surface area (Å²) in [6.45, 7) is 1.82. The van der Waals surface area contributed by atoms with Gasteiger partial charge in [0.05, 0.1) is 14.2 Å². The smallest absolute Gasteiger partial charge is 0.225 e. The molecule has 0 aliphatic carbocycles. The van der Waals surface area contributed by atoms with Crippen molar-refractivity contribution in [3.8, 4) is 11.5 Å². The zero-order valence-corrected chi connectivity index (χ0v) is 12.4. The summed E-state index contributed by atoms with van der Waals surface area (Å²) in [6.07, 6.45) is 5.47. The van der Waals surface area contributed by atoms with Crippen LogP contribution in [0.5, 0.6) is 11.5 Å². The van der Waals surface area contributed by atoms with E-state index in [2.05, 4.69) is 27.0 Å². The summed E-state index contributed by atoms with van der Waals surface area (Å²) < 4.78 is 10.8. The number of benzene rings is 1. The first kappa shape index (κ1) is 13.7. The number of hydrogen-bond acceptors (Lipinski definition) is 5. The number of fused-ring (bicyclic) bond motifs is 1. The maximum absolute atomic E-state index is 5.39. The van der Waals surface area contributed by atoms with E-state index in [4.69, 9.17) is 9.47 Å². The molecule has 0 saturated carbocycles. The predicted molar refractivity (Wildman–Crippen MR) is 81.2 cm³/mol. The van der Waals surface area contributed by atoms with Crippen LogP contribution in [0.3, 0.4) is 0 Å². The molecule has 3 rings (SSSR count). The molecule has 0 amide bonds. The normalized spacial score (nSPS) is 14.3. The fraction of sp³-hybridized carbons (Fsp3) is 0.375. The van der Waals surface area contributed by atoms with Crippen LogP contribution in [-0.4, -0.2) is 37.3 Å². The first-order valence-corrected chi connectivity index (χ1v) is 7.07. The SMILES string of the molecule is COc1cc2c(cc1OC)CCN(c1ncccn1)CC2. The Kier molecular flexibility index (Phi) is 3.90. The van der Waals surface area contributed by atoms with Gasteiger partial charge >= 0.3 is 0 Å². The van der Waals surface area contributed by atoms with E-state index in [-0.39, 0.29) is 0 Å². The van der Waals surface area contributed by atoms with E-state index in [0.717, 1.165) is 43.4 Å². The van der Waals surface area contributed by atoms with Crippen LogP contribution in [0.4, 0.5) is 5.95 Å². The van der Waals surface area contributed by atoms with Crippen molar-refractivity contribution in [3.63, 3.8) is 0 Å². The number of ether oxygens (including phenoxy) is 2. The lowest BCUT2D eigenvalue weighted by Gasteiger charge is -2.19. The second kappa shape index (κ2) is 5.99. The minimum absolute atomic E-state index is 0.792. The van der Waals surface area contributed by atoms with Gasteiger partial charge in [0.25, 0.3) is 0 Å². The summed E-state index contributed by atoms with van der Waals surface area (Å²) in [6, 6.07) is 6.01. The summed E-state index contributed by atoms with van der Waals surface area (Å²) in [5.41, 5.74) is 2.62. The molecular weight excluding hydrogens is 266 g/mol. The largest absolute Gasteiger partial charge is 0.493 e. The molecule has 1 aromatic heterocycles. The van der Waals surface area contributed by atoms with Crippen molar-refractivity contribution in [2.45, 2.75) is 12.8 Å². The monoisotopic (exact) mass is 285 g/mol. The molecule has 2 aromatic rings. The summed E-state index contributed by atoms with van der Waals surface area (Å²) in [5.74, 6) is 2.38. The molecule has 5 heteroatoms. The lowest BCUT2D eigenvalue weighted by Crippen LogP contribution is -2.27. The Labute approximate surface area is 124 Å². The van der Waals surface area contributed by atoms with E-state index >= 15 is 0 Å². The number of anilines is 1. The Hall–Kier alpha value is -2.30. The van der Waals surface area contributed by atoms with Crippen LogP contribution in [0.1, 0.15) is 11.1 Å². The van der Waals surface area contributed by atoms with Crippen LogP contribution in [0.15, 0.2) is 30.6 Å². The highest BCUT2D eigenvalue weighted by molar-refractivity contribution is 5.49. The fourth-order valence-corrected chi connectivity index (χ4v) is 2.71. The minimum Gasteiger partial charge on any atom is -0.493 e. The van der Waals surface area contributed by atoms with E-state index in [9.17, 15) is 0 Å². The molecule has 1 aliphatic heterocycles. The van der Waals surface area contributed by atoms with Crippen LogP contribution < -0.4 is 14.4 Å². The van der Waals surface area contributed by atoms with Crippen LogP contribution in [0, 0.1) is 0 Å². The molecule has 1 aromatic carbocycles. The maximum atomic E-state index is 5.39. The number of nitrogens with zero attached hydrogens (tertiary/aromatic N) is 3. The van der Waals surface area contributed by atoms with Crippen molar-refractivity contribution >= 4 is 5.95 Å². The van der Waals surface area contributed by atoms with E-state index in [1.807, 2.05) is 6.07 Å². The lowest BCUT2D eigenvalue weighted by atomic mass is 10.0. The van der Waals surface area contributed by atoms with Crippen molar-refractivity contribution < 1.29 is 9.47 Å². The summed E-state index contributed by atoms with van der Waals surface area (Å²) in [5, 5.41) is 0. The highest BCUT2D eigenvalue weighted by Gasteiger charge is 2.18. The van der Waals surface area contributed by atoms with Gasteiger partial charge in [-0.05, 0) is 42.2 Å². The van der Waals surface area contributed by atoms with Crippen molar-refractivity contribution in [1.29, 1.82) is 0 Å². The second-order valence-corrected chi connectivity index (χ2v) is 5.01. The topological polar surface area (TPSA) is 47.5 Å². The maximum Gasteiger partial charge on any atom is 0.225 e. The summed E-state index contributed by atoms with van der Waals surface area (Å²) >= 11 is 0. The fourth-order valence-electron chi connectivity index (χ4n) is 2.71. The molecular formula is C16H19N3O2. The third-order valence-electron chi connectivity index (χ3n) is 3.84. The first-order valence-electron chi connectivity index (χ1n) is 7.07. The van der Waals surface area contributed by atoms with Crippen LogP contribution in [-0.2, 0) is 12.8 Å². The zero-order chi connectivity index (χ0) is 14.7. The number of aromatic nitrogens is 2. The molecule has 0 unspecified atom stereocenters. The first-order chi connectivity index (χ1) is 10.3. The standard InChI is InChI=1S/C16H19N3O2/c1-20-14-10-12-4-8-19(16-17-6-3-7-18-16)9-5-13(12)11-15(14)21-2/h3,6-7,10-11H,4-5,8-9H2,1-2H3. The summed E-state index contributed by atoms with van der Waals surface area (Å²) in [7, 11) is 3.34. The molecule has 0 N–H and O–H groups in total. The van der Waals surface area contributed by atoms with Crippen LogP contribution in [0.25, 0.3) is 0 Å². The van der Waals surface area contributed by atoms with Gasteiger partial charge in [0.1, 0.15) is 0 Å². The molecule has 0 bridgehead atoms. The highest BCUT2D eigenvalue weighted by Crippen LogP contribution is 2.32. The number of rotatable bonds is 3. The second-order valence-electron chi connectivity index (χ2n) is 5.01. The van der Waals surface area contributed by atoms with Crippen molar-refractivity contribution in [2.24, 2.45) is 0 Å². The third-order valence-corrected chi connectivity index (χ3v) is 3.84. The average Bonchev–Trinajstić information content (AvgIpc) is 2.76. The van der Waals surface area contributed by atoms with Crippen molar-refractivity contribution in [3.05, 3.63) is 41.7 Å². The van der Waals surface area contributed by atoms with Gasteiger partial charge in [-0.1, -0.05) is 0 Å². The number of hydrogen-bond donors (Lipinski definition) is 0. The van der Waals surface area contributed by atoms with Crippen LogP contribution in [0.2, 0.25) is 0 Å². The van der Waals surface area contributed by atoms with Gasteiger partial charge < -0.3 is 14.4 Å². The lowest BCUT2D eigenvalue weighted by molar-refractivity contribution is 0.354. The molecule has 0 atom stereocenters. The molecule has 21 heavy (non-hydrogen) atoms. The Bertz CT molecular complexity index is 581. The molecule has 0 fully saturated rings. The van der Waals surface area contributed by atoms with E-state index < -0.39 is 0 Å². The molecule has 110 valence electrons. The molecule has 5 nitrogen and oxygen atoms in total. The van der Waals surface area contributed by atoms with Crippen LogP contribution >= 0.6 is 0 Å². The molecule has 2 heterocycles. The summed E-state index contributed by atoms with van der Waals surface area (Å²) in [4.78, 5) is 10.9. The molecule has 0 saturated heterocycles. The highest BCUT2D eigenvalue weighted by atomic mass is 16.5. The van der Waals surface area contributed by atoms with Gasteiger partial charge in [-0.15, -0.1) is 0 Å². The quantitative estimate of drug-likeness (QED) is 0.864. The molecule has 1 aliphatic rings. The van der Waals surface area contributed by atoms with Gasteiger partial charge in [0.2, 0.25) is 5.95 Å². The van der Waals surface area contributed by atoms with Gasteiger partial charge in [0.15, 0.2) is 11.5 Å². The van der Waals surface area contributed by atoms with Gasteiger partial charge in [0, 0.05) is 25.5 Å². The average molecular weight is 285 g/mol. The zero-order valence-electron chi connectivity index (χ0n) is 12.4. The van der Waals surface area contributed by atoms with E-state index in [0.29, 0.717) is 0 Å². The third kappa shape index (κ3) is 2.77. The van der Waals surface area contributed by atoms with Gasteiger partial charge in [-0.2, -0.15) is 0 Å². The molecule has 0 radical (unpaired) electrons. The Balaban J connectivity index is 1.86. The minimum atomic E-state index is 0.792. The number of methoxy groups -OCH3 is 2. The van der Waals surface area contributed by atoms with Crippen molar-refractivity contribution in [1.82, 2.24) is 9.97 Å². The van der Waals surface area contributed by atoms with Crippen molar-refractivity contribution in [2.75, 3.05) is 32.2 Å². The molecule has 0 spiro atoms. The Morgan fingerprint density at radius 3 is 1.90 bits per heavy atom. The van der Waals surface area contributed by atoms with E-state index in [1.54, 1.807) is 26.6 Å². The van der Waals surface area contributed by atoms with Gasteiger partial charge in [-0.3, -0.25) is 0 Å². The van der Waals surface area contributed by atoms with Gasteiger partial charge in [-0.25, -0.2) is 9.97 Å². The Morgan fingerprint density at radius 1 is 0.905 bits per heavy atom. The predicted octanol–water partition coefficient (Wildman–Crippen LogP) is 2.10. The van der Waals surface area contributed by atoms with E-state index in [1.165, 1.54) is 11.1 Å². The Morgan fingerprint density at radius 2 is 1.43 bits per heavy atom.